The fraction of sp³-hybridized carbons (Fsp3) is 0.263. The summed E-state index contributed by atoms with van der Waals surface area (Å²) in [5.74, 6) is -0.379. The normalized spacial score (nSPS) is 19.4. The van der Waals surface area contributed by atoms with Crippen molar-refractivity contribution in [2.45, 2.75) is 32.6 Å². The van der Waals surface area contributed by atoms with E-state index < -0.39 is 0 Å². The summed E-state index contributed by atoms with van der Waals surface area (Å²) in [6.07, 6.45) is 4.74. The van der Waals surface area contributed by atoms with Crippen molar-refractivity contribution in [3.05, 3.63) is 48.3 Å². The van der Waals surface area contributed by atoms with Gasteiger partial charge in [0.05, 0.1) is 42.5 Å². The molecular formula is C19H17FN6O. The lowest BCUT2D eigenvalue weighted by atomic mass is 9.99. The number of nitrogens with zero attached hydrogens (tertiary/aromatic N) is 5. The Morgan fingerprint density at radius 1 is 1.19 bits per heavy atom. The molecule has 2 atom stereocenters. The van der Waals surface area contributed by atoms with Crippen molar-refractivity contribution in [3.63, 3.8) is 0 Å². The highest BCUT2D eigenvalue weighted by molar-refractivity contribution is 5.97. The van der Waals surface area contributed by atoms with Crippen molar-refractivity contribution in [1.29, 1.82) is 0 Å². The zero-order valence-electron chi connectivity index (χ0n) is 14.8. The molecule has 4 aromatic rings. The van der Waals surface area contributed by atoms with Gasteiger partial charge in [-0.15, -0.1) is 0 Å². The van der Waals surface area contributed by atoms with E-state index in [-0.39, 0.29) is 18.0 Å². The van der Waals surface area contributed by atoms with E-state index >= 15 is 0 Å². The Labute approximate surface area is 154 Å². The molecule has 7 nitrogen and oxygen atoms in total. The first-order valence-corrected chi connectivity index (χ1v) is 8.77. The summed E-state index contributed by atoms with van der Waals surface area (Å²) in [5, 5.41) is 12.8. The Bertz CT molecular complexity index is 1130. The molecule has 0 amide bonds. The van der Waals surface area contributed by atoms with E-state index in [1.165, 1.54) is 12.3 Å². The monoisotopic (exact) mass is 364 g/mol. The Balaban J connectivity index is 1.82. The van der Waals surface area contributed by atoms with Gasteiger partial charge in [0.2, 0.25) is 0 Å². The molecule has 0 radical (unpaired) electrons. The maximum absolute atomic E-state index is 13.4. The third kappa shape index (κ3) is 2.44. The molecule has 0 aliphatic carbocycles. The average molecular weight is 364 g/mol. The van der Waals surface area contributed by atoms with Gasteiger partial charge in [0.1, 0.15) is 11.5 Å². The number of fused-ring (bicyclic) bond motifs is 2. The molecule has 0 aromatic carbocycles. The molecule has 1 aliphatic rings. The number of aromatic nitrogens is 6. The van der Waals surface area contributed by atoms with E-state index in [2.05, 4.69) is 27.1 Å². The number of hydrogen-bond acceptors (Lipinski definition) is 5. The summed E-state index contributed by atoms with van der Waals surface area (Å²) in [6.45, 7) is 4.55. The van der Waals surface area contributed by atoms with Crippen molar-refractivity contribution < 1.29 is 9.13 Å². The minimum absolute atomic E-state index is 0.0469. The van der Waals surface area contributed by atoms with Gasteiger partial charge in [0, 0.05) is 22.7 Å². The first-order valence-electron chi connectivity index (χ1n) is 8.77. The number of aromatic amines is 1. The second-order valence-corrected chi connectivity index (χ2v) is 6.72. The van der Waals surface area contributed by atoms with Crippen molar-refractivity contribution in [2.24, 2.45) is 0 Å². The van der Waals surface area contributed by atoms with Crippen LogP contribution in [-0.2, 0) is 11.3 Å². The van der Waals surface area contributed by atoms with Crippen LogP contribution in [0, 0.1) is 5.82 Å². The fourth-order valence-corrected chi connectivity index (χ4v) is 3.54. The van der Waals surface area contributed by atoms with Gasteiger partial charge in [0.15, 0.2) is 5.65 Å². The van der Waals surface area contributed by atoms with E-state index in [0.29, 0.717) is 23.6 Å². The van der Waals surface area contributed by atoms with Crippen molar-refractivity contribution >= 4 is 11.0 Å². The smallest absolute Gasteiger partial charge is 0.155 e. The van der Waals surface area contributed by atoms with Crippen LogP contribution in [0.5, 0.6) is 0 Å². The number of nitrogens with one attached hydrogen (secondary N) is 1. The van der Waals surface area contributed by atoms with Gasteiger partial charge in [-0.1, -0.05) is 0 Å². The van der Waals surface area contributed by atoms with Gasteiger partial charge in [-0.2, -0.15) is 10.2 Å². The lowest BCUT2D eigenvalue weighted by Gasteiger charge is -2.28. The number of hydrogen-bond donors (Lipinski definition) is 1. The first-order chi connectivity index (χ1) is 13.1. The summed E-state index contributed by atoms with van der Waals surface area (Å²) >= 11 is 0. The van der Waals surface area contributed by atoms with Crippen LogP contribution in [0.15, 0.2) is 36.8 Å². The molecule has 1 N–H and O–H groups in total. The molecule has 1 aliphatic heterocycles. The Morgan fingerprint density at radius 2 is 2.07 bits per heavy atom. The predicted molar refractivity (Wildman–Crippen MR) is 97.3 cm³/mol. The van der Waals surface area contributed by atoms with Crippen LogP contribution >= 0.6 is 0 Å². The van der Waals surface area contributed by atoms with Crippen LogP contribution in [0.1, 0.15) is 25.6 Å². The Kier molecular flexibility index (Phi) is 3.54. The Hall–Kier alpha value is -3.13. The molecule has 27 heavy (non-hydrogen) atoms. The highest BCUT2D eigenvalue weighted by Gasteiger charge is 2.31. The highest BCUT2D eigenvalue weighted by atomic mass is 19.1. The van der Waals surface area contributed by atoms with Crippen LogP contribution in [0.4, 0.5) is 4.39 Å². The van der Waals surface area contributed by atoms with Crippen molar-refractivity contribution in [3.8, 4) is 22.5 Å². The van der Waals surface area contributed by atoms with Crippen molar-refractivity contribution in [2.75, 3.05) is 0 Å². The molecule has 5 rings (SSSR count). The summed E-state index contributed by atoms with van der Waals surface area (Å²) in [7, 11) is 0. The molecule has 0 unspecified atom stereocenters. The van der Waals surface area contributed by atoms with Gasteiger partial charge in [0.25, 0.3) is 0 Å². The predicted octanol–water partition coefficient (Wildman–Crippen LogP) is 3.50. The molecule has 4 aromatic heterocycles. The topological polar surface area (TPSA) is 81.5 Å². The summed E-state index contributed by atoms with van der Waals surface area (Å²) < 4.78 is 21.4. The molecular weight excluding hydrogens is 347 g/mol. The molecule has 0 spiro atoms. The standard InChI is InChI=1S/C19H17FN6O/c1-10-11(2)27-9-16-17(13-5-6-21-19-14(13)8-23-24-19)18(25-26(10)16)15-4-3-12(20)7-22-15/h3-8,10-11H,9H2,1-2H3,(H,21,23,24)/t10-,11-/m1/s1. The van der Waals surface area contributed by atoms with E-state index in [1.54, 1.807) is 18.5 Å². The number of rotatable bonds is 2. The van der Waals surface area contributed by atoms with Gasteiger partial charge in [-0.05, 0) is 32.0 Å². The molecule has 5 heterocycles. The molecule has 8 heteroatoms. The summed E-state index contributed by atoms with van der Waals surface area (Å²) in [6, 6.07) is 5.05. The molecule has 0 bridgehead atoms. The minimum Gasteiger partial charge on any atom is -0.370 e. The van der Waals surface area contributed by atoms with E-state index in [1.807, 2.05) is 17.7 Å². The van der Waals surface area contributed by atoms with Crippen LogP contribution < -0.4 is 0 Å². The SMILES string of the molecule is C[C@@H]1[C@@H](C)OCc2c(-c3ccnc4[nH]ncc34)c(-c3ccc(F)cn3)nn21. The lowest BCUT2D eigenvalue weighted by molar-refractivity contribution is -0.0101. The zero-order chi connectivity index (χ0) is 18.5. The third-order valence-corrected chi connectivity index (χ3v) is 5.15. The van der Waals surface area contributed by atoms with Gasteiger partial charge in [-0.3, -0.25) is 14.8 Å². The largest absolute Gasteiger partial charge is 0.370 e. The highest BCUT2D eigenvalue weighted by Crippen LogP contribution is 2.40. The number of pyridine rings is 2. The molecule has 136 valence electrons. The maximum Gasteiger partial charge on any atom is 0.155 e. The van der Waals surface area contributed by atoms with E-state index in [0.717, 1.165) is 22.2 Å². The van der Waals surface area contributed by atoms with Crippen LogP contribution in [-0.4, -0.2) is 36.0 Å². The van der Waals surface area contributed by atoms with Gasteiger partial charge in [-0.25, -0.2) is 9.37 Å². The second kappa shape index (κ2) is 5.95. The third-order valence-electron chi connectivity index (χ3n) is 5.15. The minimum atomic E-state index is -0.379. The molecule has 0 saturated heterocycles. The van der Waals surface area contributed by atoms with Crippen LogP contribution in [0.2, 0.25) is 0 Å². The molecule has 0 saturated carbocycles. The van der Waals surface area contributed by atoms with Gasteiger partial charge < -0.3 is 4.74 Å². The van der Waals surface area contributed by atoms with E-state index in [4.69, 9.17) is 9.84 Å². The Morgan fingerprint density at radius 3 is 2.89 bits per heavy atom. The summed E-state index contributed by atoms with van der Waals surface area (Å²) in [5.41, 5.74) is 4.84. The number of halogens is 1. The number of ether oxygens (including phenoxy) is 1. The van der Waals surface area contributed by atoms with E-state index in [9.17, 15) is 4.39 Å². The second-order valence-electron chi connectivity index (χ2n) is 6.72. The average Bonchev–Trinajstić information content (AvgIpc) is 3.30. The lowest BCUT2D eigenvalue weighted by Crippen LogP contribution is -2.29. The van der Waals surface area contributed by atoms with Crippen LogP contribution in [0.3, 0.4) is 0 Å². The summed E-state index contributed by atoms with van der Waals surface area (Å²) in [4.78, 5) is 8.58. The van der Waals surface area contributed by atoms with Gasteiger partial charge >= 0.3 is 0 Å². The quantitative estimate of drug-likeness (QED) is 0.589. The zero-order valence-corrected chi connectivity index (χ0v) is 14.8. The van der Waals surface area contributed by atoms with Crippen molar-refractivity contribution in [1.82, 2.24) is 29.9 Å². The number of H-pyrrole nitrogens is 1. The molecule has 0 fully saturated rings. The van der Waals surface area contributed by atoms with Crippen LogP contribution in [0.25, 0.3) is 33.5 Å². The fourth-order valence-electron chi connectivity index (χ4n) is 3.54. The first kappa shape index (κ1) is 16.1. The maximum atomic E-state index is 13.4.